The second-order valence-corrected chi connectivity index (χ2v) is 11.6. The molecule has 0 unspecified atom stereocenters. The van der Waals surface area contributed by atoms with Gasteiger partial charge in [-0.05, 0) is 0 Å². The first-order valence-electron chi connectivity index (χ1n) is 9.86. The van der Waals surface area contributed by atoms with Gasteiger partial charge in [-0.3, -0.25) is 0 Å². The van der Waals surface area contributed by atoms with Gasteiger partial charge < -0.3 is 0 Å². The van der Waals surface area contributed by atoms with E-state index in [1.165, 1.54) is 36.8 Å². The van der Waals surface area contributed by atoms with Crippen molar-refractivity contribution < 1.29 is 0 Å². The second kappa shape index (κ2) is 7.37. The molecule has 132 valence electrons. The minimum absolute atomic E-state index is 1.24. The average molecular weight is 410 g/mol. The molecule has 1 aliphatic carbocycles. The van der Waals surface area contributed by atoms with Crippen LogP contribution in [-0.2, 0) is 0 Å². The molecule has 0 amide bonds. The molecule has 1 heteroatoms. The predicted octanol–water partition coefficient (Wildman–Crippen LogP) is 5.96. The molecule has 0 bridgehead atoms. The Morgan fingerprint density at radius 2 is 0.889 bits per heavy atom. The minimum atomic E-state index is -1.56. The van der Waals surface area contributed by atoms with Gasteiger partial charge in [0, 0.05) is 0 Å². The molecule has 0 N–H and O–H groups in total. The fraction of sp³-hybridized carbons (Fsp3) is 0.154. The molecule has 0 nitrogen and oxygen atoms in total. The zero-order chi connectivity index (χ0) is 18.1. The molecule has 3 aromatic rings. The first-order valence-corrected chi connectivity index (χ1v) is 12.7. The predicted molar refractivity (Wildman–Crippen MR) is 117 cm³/mol. The van der Waals surface area contributed by atoms with Crippen molar-refractivity contribution >= 4 is 27.7 Å². The topological polar surface area (TPSA) is 0 Å². The van der Waals surface area contributed by atoms with Crippen LogP contribution in [0.2, 0.25) is 0 Å². The van der Waals surface area contributed by atoms with Gasteiger partial charge >= 0.3 is 167 Å². The van der Waals surface area contributed by atoms with Crippen molar-refractivity contribution in [2.45, 2.75) is 25.7 Å². The Morgan fingerprint density at radius 1 is 0.481 bits per heavy atom. The summed E-state index contributed by atoms with van der Waals surface area (Å²) in [6.45, 7) is 0. The van der Waals surface area contributed by atoms with Gasteiger partial charge in [0.25, 0.3) is 0 Å². The summed E-state index contributed by atoms with van der Waals surface area (Å²) >= 11 is -1.56. The van der Waals surface area contributed by atoms with Gasteiger partial charge in [-0.1, -0.05) is 0 Å². The summed E-state index contributed by atoms with van der Waals surface area (Å²) in [5.74, 6) is 0. The van der Waals surface area contributed by atoms with Crippen LogP contribution in [0.5, 0.6) is 0 Å². The average Bonchev–Trinajstić information content (AvgIpc) is 3.11. The third-order valence-electron chi connectivity index (χ3n) is 5.60. The van der Waals surface area contributed by atoms with Gasteiger partial charge in [-0.2, -0.15) is 0 Å². The molecule has 3 aromatic carbocycles. The van der Waals surface area contributed by atoms with Crippen molar-refractivity contribution in [1.82, 2.24) is 0 Å². The van der Waals surface area contributed by atoms with Crippen LogP contribution in [0.4, 0.5) is 0 Å². The van der Waals surface area contributed by atoms with E-state index in [0.29, 0.717) is 0 Å². The maximum absolute atomic E-state index is 2.37. The van der Waals surface area contributed by atoms with Crippen molar-refractivity contribution in [2.75, 3.05) is 0 Å². The molecular weight excluding hydrogens is 387 g/mol. The van der Waals surface area contributed by atoms with Gasteiger partial charge in [0.15, 0.2) is 0 Å². The SMILES string of the molecule is c1ccc(C2=C3CCCCC3=C(c3ccccc3)[As]2c2ccccc2)cc1. The van der Waals surface area contributed by atoms with Crippen LogP contribution >= 0.6 is 0 Å². The number of fused-ring (bicyclic) bond motifs is 1. The van der Waals surface area contributed by atoms with E-state index in [-0.39, 0.29) is 0 Å². The van der Waals surface area contributed by atoms with E-state index in [9.17, 15) is 0 Å². The van der Waals surface area contributed by atoms with Crippen LogP contribution in [0.1, 0.15) is 36.8 Å². The summed E-state index contributed by atoms with van der Waals surface area (Å²) in [5, 5.41) is 0. The summed E-state index contributed by atoms with van der Waals surface area (Å²) in [5.41, 5.74) is 6.24. The zero-order valence-corrected chi connectivity index (χ0v) is 17.3. The molecule has 0 aromatic heterocycles. The number of hydrogen-bond donors (Lipinski definition) is 0. The Labute approximate surface area is 166 Å². The molecule has 0 spiro atoms. The van der Waals surface area contributed by atoms with Crippen LogP contribution in [0.25, 0.3) is 8.72 Å². The second-order valence-electron chi connectivity index (χ2n) is 7.26. The summed E-state index contributed by atoms with van der Waals surface area (Å²) in [6, 6.07) is 33.7. The molecule has 0 radical (unpaired) electrons. The summed E-state index contributed by atoms with van der Waals surface area (Å²) in [7, 11) is 0. The molecular formula is C26H23As. The van der Waals surface area contributed by atoms with Crippen molar-refractivity contribution in [1.29, 1.82) is 0 Å². The van der Waals surface area contributed by atoms with Crippen LogP contribution in [-0.4, -0.2) is 14.7 Å². The van der Waals surface area contributed by atoms with Crippen LogP contribution in [0.3, 0.4) is 0 Å². The molecule has 1 aliphatic heterocycles. The van der Waals surface area contributed by atoms with Crippen molar-refractivity contribution in [3.05, 3.63) is 113 Å². The Bertz CT molecular complexity index is 932. The first kappa shape index (κ1) is 16.8. The molecule has 0 saturated heterocycles. The van der Waals surface area contributed by atoms with E-state index in [1.54, 1.807) is 24.2 Å². The summed E-state index contributed by atoms with van der Waals surface area (Å²) in [4.78, 5) is 0. The molecule has 2 aliphatic rings. The van der Waals surface area contributed by atoms with Gasteiger partial charge in [0.1, 0.15) is 0 Å². The summed E-state index contributed by atoms with van der Waals surface area (Å²) in [6.07, 6.45) is 5.14. The van der Waals surface area contributed by atoms with E-state index in [2.05, 4.69) is 91.0 Å². The number of benzene rings is 3. The molecule has 27 heavy (non-hydrogen) atoms. The number of rotatable bonds is 3. The van der Waals surface area contributed by atoms with E-state index < -0.39 is 14.7 Å². The molecule has 1 fully saturated rings. The van der Waals surface area contributed by atoms with Gasteiger partial charge in [0.05, 0.1) is 0 Å². The van der Waals surface area contributed by atoms with E-state index in [0.717, 1.165) is 0 Å². The van der Waals surface area contributed by atoms with Crippen molar-refractivity contribution in [2.24, 2.45) is 0 Å². The Kier molecular flexibility index (Phi) is 4.60. The third-order valence-corrected chi connectivity index (χ3v) is 11.4. The quantitative estimate of drug-likeness (QED) is 0.467. The fourth-order valence-electron chi connectivity index (χ4n) is 4.44. The van der Waals surface area contributed by atoms with Gasteiger partial charge in [0.2, 0.25) is 0 Å². The Balaban J connectivity index is 1.78. The Hall–Kier alpha value is -2.30. The van der Waals surface area contributed by atoms with Crippen molar-refractivity contribution in [3.63, 3.8) is 0 Å². The van der Waals surface area contributed by atoms with Crippen LogP contribution in [0, 0.1) is 0 Å². The maximum atomic E-state index is 2.37. The third kappa shape index (κ3) is 3.03. The van der Waals surface area contributed by atoms with Crippen LogP contribution < -0.4 is 4.35 Å². The number of hydrogen-bond acceptors (Lipinski definition) is 0. The summed E-state index contributed by atoms with van der Waals surface area (Å²) < 4.78 is 4.92. The van der Waals surface area contributed by atoms with Crippen molar-refractivity contribution in [3.8, 4) is 0 Å². The molecule has 5 rings (SSSR count). The fourth-order valence-corrected chi connectivity index (χ4v) is 10.9. The van der Waals surface area contributed by atoms with E-state index in [1.807, 2.05) is 0 Å². The standard InChI is InChI=1S/C26H23As/c1-4-12-20(13-5-1)25-23-18-10-11-19-24(23)26(21-14-6-2-7-15-21)27(25)22-16-8-3-9-17-22/h1-9,12-17H,10-11,18-19H2. The number of allylic oxidation sites excluding steroid dienone is 2. The van der Waals surface area contributed by atoms with Crippen LogP contribution in [0.15, 0.2) is 102 Å². The van der Waals surface area contributed by atoms with E-state index in [4.69, 9.17) is 0 Å². The molecule has 0 atom stereocenters. The van der Waals surface area contributed by atoms with Gasteiger partial charge in [-0.25, -0.2) is 0 Å². The monoisotopic (exact) mass is 410 g/mol. The van der Waals surface area contributed by atoms with Gasteiger partial charge in [-0.15, -0.1) is 0 Å². The molecule has 1 heterocycles. The van der Waals surface area contributed by atoms with E-state index >= 15 is 0 Å². The first-order chi connectivity index (χ1) is 13.4. The zero-order valence-electron chi connectivity index (χ0n) is 15.4. The Morgan fingerprint density at radius 3 is 1.33 bits per heavy atom. The normalized spacial score (nSPS) is 17.3. The molecule has 1 saturated carbocycles.